The maximum absolute atomic E-state index is 9.48. The fraction of sp³-hybridized carbons (Fsp3) is 0. The number of fused-ring (bicyclic) bond motifs is 4. The second-order valence-electron chi connectivity index (χ2n) is 11.1. The highest BCUT2D eigenvalue weighted by molar-refractivity contribution is 6.24. The zero-order chi connectivity index (χ0) is 41.8. The summed E-state index contributed by atoms with van der Waals surface area (Å²) in [6.07, 6.45) is 0. The van der Waals surface area contributed by atoms with Crippen LogP contribution in [0.3, 0.4) is 0 Å². The zero-order valence-corrected chi connectivity index (χ0v) is 24.3. The van der Waals surface area contributed by atoms with E-state index in [0.29, 0.717) is 10.9 Å². The van der Waals surface area contributed by atoms with Gasteiger partial charge in [-0.2, -0.15) is 0 Å². The lowest BCUT2D eigenvalue weighted by Gasteiger charge is -2.20. The summed E-state index contributed by atoms with van der Waals surface area (Å²) in [4.78, 5) is 0. The molecule has 214 valence electrons. The highest BCUT2D eigenvalue weighted by Crippen LogP contribution is 2.47. The molecule has 0 heterocycles. The Kier molecular flexibility index (Phi) is 3.87. The van der Waals surface area contributed by atoms with Gasteiger partial charge in [-0.3, -0.25) is 0 Å². The predicted molar refractivity (Wildman–Crippen MR) is 198 cm³/mol. The Morgan fingerprint density at radius 2 is 0.804 bits per heavy atom. The number of benzene rings is 9. The van der Waals surface area contributed by atoms with Gasteiger partial charge < -0.3 is 0 Å². The van der Waals surface area contributed by atoms with Crippen molar-refractivity contribution in [2.45, 2.75) is 0 Å². The molecule has 0 spiro atoms. The lowest BCUT2D eigenvalue weighted by Crippen LogP contribution is -1.93. The summed E-state index contributed by atoms with van der Waals surface area (Å²) < 4.78 is 116. The molecule has 9 aromatic carbocycles. The van der Waals surface area contributed by atoms with Gasteiger partial charge in [-0.05, 0) is 93.7 Å². The van der Waals surface area contributed by atoms with E-state index in [1.807, 2.05) is 66.7 Å². The molecule has 0 aliphatic carbocycles. The van der Waals surface area contributed by atoms with E-state index in [4.69, 9.17) is 12.3 Å². The van der Waals surface area contributed by atoms with E-state index < -0.39 is 78.6 Å². The van der Waals surface area contributed by atoms with E-state index in [9.17, 15) is 5.48 Å². The molecule has 0 radical (unpaired) electrons. The van der Waals surface area contributed by atoms with Crippen LogP contribution in [0.15, 0.2) is 182 Å². The van der Waals surface area contributed by atoms with E-state index >= 15 is 0 Å². The molecule has 0 amide bonds. The van der Waals surface area contributed by atoms with Crippen LogP contribution in [0, 0.1) is 0 Å². The van der Waals surface area contributed by atoms with Crippen molar-refractivity contribution < 1.29 is 17.8 Å². The van der Waals surface area contributed by atoms with Gasteiger partial charge >= 0.3 is 0 Å². The van der Waals surface area contributed by atoms with Crippen LogP contribution >= 0.6 is 0 Å². The quantitative estimate of drug-likeness (QED) is 0.178. The van der Waals surface area contributed by atoms with E-state index in [2.05, 4.69) is 6.07 Å². The van der Waals surface area contributed by atoms with Gasteiger partial charge in [0.2, 0.25) is 0 Å². The van der Waals surface area contributed by atoms with Crippen LogP contribution in [0.1, 0.15) is 17.8 Å². The van der Waals surface area contributed by atoms with Gasteiger partial charge in [0, 0.05) is 0 Å². The molecular formula is C46H30. The van der Waals surface area contributed by atoms with Crippen molar-refractivity contribution >= 4 is 43.1 Å². The molecule has 0 saturated heterocycles. The highest BCUT2D eigenvalue weighted by atomic mass is 14.2. The Hall–Kier alpha value is -5.98. The molecule has 0 atom stereocenters. The maximum atomic E-state index is 9.48. The van der Waals surface area contributed by atoms with Crippen molar-refractivity contribution in [1.29, 1.82) is 0 Å². The average Bonchev–Trinajstić information content (AvgIpc) is 3.26. The number of rotatable bonds is 4. The molecule has 9 rings (SSSR count). The van der Waals surface area contributed by atoms with Crippen LogP contribution in [-0.2, 0) is 0 Å². The molecule has 0 heteroatoms. The first-order valence-electron chi connectivity index (χ1n) is 21.4. The van der Waals surface area contributed by atoms with Crippen molar-refractivity contribution in [3.05, 3.63) is 182 Å². The SMILES string of the molecule is [2H]c1c([2H])c([2H])c(-c2ccccc2-c2c3c([2H])c([2H])c([2H])c([2H])c3c(-c3cccc4c(-c5ccc6ccccc6c5)cccc34)c3c([2H])c([2H])c([2H])c([2H])c23)c([2H])c1[2H]. The second-order valence-corrected chi connectivity index (χ2v) is 11.1. The normalized spacial score (nSPS) is 15.4. The summed E-state index contributed by atoms with van der Waals surface area (Å²) in [6, 6.07) is 25.0. The lowest BCUT2D eigenvalue weighted by atomic mass is 9.82. The molecule has 0 unspecified atom stereocenters. The fourth-order valence-electron chi connectivity index (χ4n) is 6.60. The Morgan fingerprint density at radius 3 is 1.48 bits per heavy atom. The van der Waals surface area contributed by atoms with E-state index in [-0.39, 0.29) is 49.4 Å². The summed E-state index contributed by atoms with van der Waals surface area (Å²) in [7, 11) is 0. The summed E-state index contributed by atoms with van der Waals surface area (Å²) in [5.41, 5.74) is 2.58. The zero-order valence-electron chi connectivity index (χ0n) is 37.3. The minimum Gasteiger partial charge on any atom is -0.0622 e. The van der Waals surface area contributed by atoms with Gasteiger partial charge in [0.05, 0.1) is 17.8 Å². The Morgan fingerprint density at radius 1 is 0.304 bits per heavy atom. The fourth-order valence-corrected chi connectivity index (χ4v) is 6.60. The van der Waals surface area contributed by atoms with Crippen LogP contribution in [0.5, 0.6) is 0 Å². The van der Waals surface area contributed by atoms with Crippen LogP contribution in [-0.4, -0.2) is 0 Å². The van der Waals surface area contributed by atoms with E-state index in [0.717, 1.165) is 27.3 Å². The first-order chi connectivity index (χ1) is 28.2. The highest BCUT2D eigenvalue weighted by Gasteiger charge is 2.20. The number of hydrogen-bond acceptors (Lipinski definition) is 0. The van der Waals surface area contributed by atoms with Gasteiger partial charge in [0.25, 0.3) is 0 Å². The summed E-state index contributed by atoms with van der Waals surface area (Å²) in [5.74, 6) is 0. The van der Waals surface area contributed by atoms with Crippen molar-refractivity contribution in [2.24, 2.45) is 0 Å². The Balaban J connectivity index is 1.50. The summed E-state index contributed by atoms with van der Waals surface area (Å²) in [5, 5.41) is 3.50. The maximum Gasteiger partial charge on any atom is 0.0629 e. The molecule has 9 aromatic rings. The molecule has 0 fully saturated rings. The van der Waals surface area contributed by atoms with Crippen molar-refractivity contribution in [3.63, 3.8) is 0 Å². The molecule has 46 heavy (non-hydrogen) atoms. The van der Waals surface area contributed by atoms with Gasteiger partial charge in [0.15, 0.2) is 0 Å². The minimum absolute atomic E-state index is 0.00278. The van der Waals surface area contributed by atoms with Gasteiger partial charge in [-0.25, -0.2) is 0 Å². The van der Waals surface area contributed by atoms with Crippen molar-refractivity contribution in [3.8, 4) is 44.5 Å². The van der Waals surface area contributed by atoms with Crippen LogP contribution in [0.25, 0.3) is 87.6 Å². The first kappa shape index (κ1) is 16.4. The van der Waals surface area contributed by atoms with Crippen LogP contribution in [0.4, 0.5) is 0 Å². The van der Waals surface area contributed by atoms with E-state index in [1.54, 1.807) is 24.3 Å². The first-order valence-corrected chi connectivity index (χ1v) is 14.9. The largest absolute Gasteiger partial charge is 0.0629 e. The van der Waals surface area contributed by atoms with E-state index in [1.165, 1.54) is 6.07 Å². The Bertz CT molecular complexity index is 3210. The third-order valence-electron chi connectivity index (χ3n) is 8.59. The molecule has 0 nitrogen and oxygen atoms in total. The number of hydrogen-bond donors (Lipinski definition) is 0. The van der Waals surface area contributed by atoms with Gasteiger partial charge in [-0.15, -0.1) is 0 Å². The third-order valence-corrected chi connectivity index (χ3v) is 8.59. The summed E-state index contributed by atoms with van der Waals surface area (Å²) in [6.45, 7) is 0. The minimum atomic E-state index is -0.594. The molecule has 0 N–H and O–H groups in total. The molecule has 0 saturated carbocycles. The monoisotopic (exact) mass is 595 g/mol. The Labute approximate surface area is 287 Å². The molecule has 0 aliphatic heterocycles. The molecule has 0 aliphatic rings. The van der Waals surface area contributed by atoms with Crippen LogP contribution in [0.2, 0.25) is 0 Å². The standard InChI is InChI=1S/C46H30/c1-2-15-32(16-3-1)35-18-6-7-19-39(35)45-41-20-8-10-22-43(41)46(44-23-11-9-21-42(44)45)40-27-13-25-37-36(24-12-26-38(37)40)34-29-28-31-14-4-5-17-33(31)30-34/h1-30H/i1D,2D,3D,8D,9D,10D,11D,15D,16D,20D,21D,22D,23D. The second kappa shape index (κ2) is 10.9. The topological polar surface area (TPSA) is 0 Å². The van der Waals surface area contributed by atoms with Gasteiger partial charge in [0.1, 0.15) is 0 Å². The molecule has 0 aromatic heterocycles. The lowest BCUT2D eigenvalue weighted by molar-refractivity contribution is 1.61. The van der Waals surface area contributed by atoms with Crippen molar-refractivity contribution in [2.75, 3.05) is 0 Å². The predicted octanol–water partition coefficient (Wildman–Crippen LogP) is 13.0. The average molecular weight is 596 g/mol. The third kappa shape index (κ3) is 4.23. The van der Waals surface area contributed by atoms with Gasteiger partial charge in [-0.1, -0.05) is 176 Å². The van der Waals surface area contributed by atoms with Crippen molar-refractivity contribution in [1.82, 2.24) is 0 Å². The molecular weight excluding hydrogens is 553 g/mol. The molecule has 0 bridgehead atoms. The van der Waals surface area contributed by atoms with Crippen LogP contribution < -0.4 is 0 Å². The summed E-state index contributed by atoms with van der Waals surface area (Å²) >= 11 is 0. The smallest absolute Gasteiger partial charge is 0.0622 e.